The van der Waals surface area contributed by atoms with Crippen molar-refractivity contribution in [3.63, 3.8) is 0 Å². The Hall–Kier alpha value is -2.86. The van der Waals surface area contributed by atoms with Crippen molar-refractivity contribution in [1.29, 1.82) is 0 Å². The van der Waals surface area contributed by atoms with E-state index in [9.17, 15) is 13.2 Å². The Labute approximate surface area is 158 Å². The number of carbonyl (C=O) groups excluding carboxylic acids is 1. The van der Waals surface area contributed by atoms with Gasteiger partial charge in [-0.25, -0.2) is 8.42 Å². The topological polar surface area (TPSA) is 66.5 Å². The first-order chi connectivity index (χ1) is 12.8. The van der Waals surface area contributed by atoms with E-state index in [0.29, 0.717) is 16.8 Å². The molecule has 6 heteroatoms. The first-order valence-corrected chi connectivity index (χ1v) is 10.2. The van der Waals surface area contributed by atoms with Crippen LogP contribution in [0.5, 0.6) is 0 Å². The molecule has 27 heavy (non-hydrogen) atoms. The van der Waals surface area contributed by atoms with Crippen molar-refractivity contribution in [3.05, 3.63) is 65.7 Å². The number of nitrogens with zero attached hydrogens (tertiary/aromatic N) is 1. The Kier molecular flexibility index (Phi) is 3.96. The van der Waals surface area contributed by atoms with Crippen LogP contribution in [-0.2, 0) is 14.8 Å². The fraction of sp³-hybridized carbons (Fsp3) is 0.190. The van der Waals surface area contributed by atoms with Crippen molar-refractivity contribution >= 4 is 38.1 Å². The molecule has 3 aromatic rings. The van der Waals surface area contributed by atoms with Crippen LogP contribution in [0.15, 0.2) is 59.5 Å². The summed E-state index contributed by atoms with van der Waals surface area (Å²) < 4.78 is 27.5. The standard InChI is InChI=1S/C21H20N2O3S/c1-13-7-4-10-17(14(13)2)22-21(24)15(3)23-18-11-5-8-16-9-6-12-19(20(16)18)27(23,25)26/h4-12,15H,1-3H3,(H,22,24). The fourth-order valence-corrected chi connectivity index (χ4v) is 5.43. The van der Waals surface area contributed by atoms with Gasteiger partial charge in [-0.05, 0) is 55.5 Å². The van der Waals surface area contributed by atoms with Gasteiger partial charge in [-0.1, -0.05) is 36.4 Å². The number of rotatable bonds is 3. The molecule has 1 heterocycles. The van der Waals surface area contributed by atoms with Crippen molar-refractivity contribution in [2.75, 3.05) is 9.62 Å². The molecule has 1 aliphatic rings. The summed E-state index contributed by atoms with van der Waals surface area (Å²) >= 11 is 0. The molecule has 5 nitrogen and oxygen atoms in total. The number of anilines is 2. The van der Waals surface area contributed by atoms with E-state index in [0.717, 1.165) is 16.5 Å². The van der Waals surface area contributed by atoms with Crippen LogP contribution < -0.4 is 9.62 Å². The monoisotopic (exact) mass is 380 g/mol. The van der Waals surface area contributed by atoms with Crippen molar-refractivity contribution < 1.29 is 13.2 Å². The molecule has 0 saturated carbocycles. The Balaban J connectivity index is 1.74. The Morgan fingerprint density at radius 2 is 1.67 bits per heavy atom. The minimum Gasteiger partial charge on any atom is -0.324 e. The largest absolute Gasteiger partial charge is 0.324 e. The van der Waals surface area contributed by atoms with E-state index in [-0.39, 0.29) is 10.8 Å². The summed E-state index contributed by atoms with van der Waals surface area (Å²) in [5.41, 5.74) is 3.27. The lowest BCUT2D eigenvalue weighted by molar-refractivity contribution is -0.116. The highest BCUT2D eigenvalue weighted by Gasteiger charge is 2.40. The van der Waals surface area contributed by atoms with Crippen molar-refractivity contribution in [2.45, 2.75) is 31.7 Å². The molecule has 0 bridgehead atoms. The van der Waals surface area contributed by atoms with Crippen LogP contribution in [0.25, 0.3) is 10.8 Å². The average Bonchev–Trinajstić information content (AvgIpc) is 2.87. The van der Waals surface area contributed by atoms with Gasteiger partial charge in [0, 0.05) is 11.1 Å². The van der Waals surface area contributed by atoms with Gasteiger partial charge in [0.05, 0.1) is 10.6 Å². The number of benzene rings is 3. The zero-order chi connectivity index (χ0) is 19.3. The second-order valence-electron chi connectivity index (χ2n) is 6.84. The predicted molar refractivity (Wildman–Crippen MR) is 108 cm³/mol. The predicted octanol–water partition coefficient (Wildman–Crippen LogP) is 3.99. The van der Waals surface area contributed by atoms with Gasteiger partial charge in [0.2, 0.25) is 5.91 Å². The number of carbonyl (C=O) groups is 1. The second kappa shape index (κ2) is 6.09. The molecule has 0 radical (unpaired) electrons. The first-order valence-electron chi connectivity index (χ1n) is 8.75. The number of hydrogen-bond donors (Lipinski definition) is 1. The Bertz CT molecular complexity index is 1180. The van der Waals surface area contributed by atoms with Crippen LogP contribution in [0.3, 0.4) is 0 Å². The third-order valence-corrected chi connectivity index (χ3v) is 7.14. The fourth-order valence-electron chi connectivity index (χ4n) is 3.57. The third-order valence-electron chi connectivity index (χ3n) is 5.21. The van der Waals surface area contributed by atoms with Gasteiger partial charge in [-0.15, -0.1) is 0 Å². The number of amides is 1. The second-order valence-corrected chi connectivity index (χ2v) is 8.63. The molecule has 1 unspecified atom stereocenters. The van der Waals surface area contributed by atoms with Crippen molar-refractivity contribution in [2.24, 2.45) is 0 Å². The minimum atomic E-state index is -3.78. The molecule has 1 aliphatic heterocycles. The van der Waals surface area contributed by atoms with Gasteiger partial charge in [0.1, 0.15) is 6.04 Å². The van der Waals surface area contributed by atoms with Crippen LogP contribution in [0.4, 0.5) is 11.4 Å². The van der Waals surface area contributed by atoms with Crippen LogP contribution in [0, 0.1) is 13.8 Å². The highest BCUT2D eigenvalue weighted by molar-refractivity contribution is 7.93. The summed E-state index contributed by atoms with van der Waals surface area (Å²) in [6.07, 6.45) is 0. The van der Waals surface area contributed by atoms with Crippen molar-refractivity contribution in [1.82, 2.24) is 0 Å². The summed E-state index contributed by atoms with van der Waals surface area (Å²) in [5, 5.41) is 4.40. The maximum absolute atomic E-state index is 13.1. The molecule has 0 saturated heterocycles. The van der Waals surface area contributed by atoms with Gasteiger partial charge in [-0.2, -0.15) is 0 Å². The van der Waals surface area contributed by atoms with Gasteiger partial charge < -0.3 is 5.32 Å². The first kappa shape index (κ1) is 17.5. The molecule has 4 rings (SSSR count). The number of sulfonamides is 1. The van der Waals surface area contributed by atoms with Gasteiger partial charge in [0.15, 0.2) is 0 Å². The smallest absolute Gasteiger partial charge is 0.265 e. The molecule has 0 aliphatic carbocycles. The van der Waals surface area contributed by atoms with Gasteiger partial charge in [-0.3, -0.25) is 9.10 Å². The molecule has 3 aromatic carbocycles. The Morgan fingerprint density at radius 3 is 2.41 bits per heavy atom. The minimum absolute atomic E-state index is 0.252. The normalized spacial score (nSPS) is 15.7. The molecule has 1 amide bonds. The lowest BCUT2D eigenvalue weighted by atomic mass is 10.1. The average molecular weight is 380 g/mol. The van der Waals surface area contributed by atoms with E-state index in [1.54, 1.807) is 25.1 Å². The van der Waals surface area contributed by atoms with E-state index >= 15 is 0 Å². The number of aryl methyl sites for hydroxylation is 1. The van der Waals surface area contributed by atoms with E-state index < -0.39 is 16.1 Å². The molecule has 138 valence electrons. The van der Waals surface area contributed by atoms with Crippen LogP contribution in [0.1, 0.15) is 18.1 Å². The maximum atomic E-state index is 13.1. The maximum Gasteiger partial charge on any atom is 0.265 e. The van der Waals surface area contributed by atoms with E-state index in [1.807, 2.05) is 50.2 Å². The van der Waals surface area contributed by atoms with Gasteiger partial charge in [0.25, 0.3) is 10.0 Å². The number of hydrogen-bond acceptors (Lipinski definition) is 3. The zero-order valence-corrected chi connectivity index (χ0v) is 16.2. The molecule has 0 spiro atoms. The summed E-state index contributed by atoms with van der Waals surface area (Å²) in [6.45, 7) is 5.51. The van der Waals surface area contributed by atoms with Crippen molar-refractivity contribution in [3.8, 4) is 0 Å². The lowest BCUT2D eigenvalue weighted by Gasteiger charge is -2.25. The van der Waals surface area contributed by atoms with Crippen LogP contribution in [-0.4, -0.2) is 20.4 Å². The molecule has 1 N–H and O–H groups in total. The van der Waals surface area contributed by atoms with E-state index in [1.165, 1.54) is 4.31 Å². The highest BCUT2D eigenvalue weighted by atomic mass is 32.2. The summed E-state index contributed by atoms with van der Waals surface area (Å²) in [7, 11) is -3.78. The highest BCUT2D eigenvalue weighted by Crippen LogP contribution is 2.43. The zero-order valence-electron chi connectivity index (χ0n) is 15.4. The molecular formula is C21H20N2O3S. The van der Waals surface area contributed by atoms with Crippen LogP contribution >= 0.6 is 0 Å². The number of nitrogens with one attached hydrogen (secondary N) is 1. The quantitative estimate of drug-likeness (QED) is 0.747. The summed E-state index contributed by atoms with van der Waals surface area (Å²) in [6, 6.07) is 15.4. The van der Waals surface area contributed by atoms with Gasteiger partial charge >= 0.3 is 0 Å². The molecule has 0 fully saturated rings. The molecular weight excluding hydrogens is 360 g/mol. The SMILES string of the molecule is Cc1cccc(NC(=O)C(C)N2c3cccc4cccc(c34)S2(=O)=O)c1C. The Morgan fingerprint density at radius 1 is 1.00 bits per heavy atom. The van der Waals surface area contributed by atoms with E-state index in [2.05, 4.69) is 5.32 Å². The molecule has 0 aromatic heterocycles. The summed E-state index contributed by atoms with van der Waals surface area (Å²) in [5.74, 6) is -0.364. The lowest BCUT2D eigenvalue weighted by Crippen LogP contribution is -2.44. The molecule has 1 atom stereocenters. The van der Waals surface area contributed by atoms with E-state index in [4.69, 9.17) is 0 Å². The van der Waals surface area contributed by atoms with Crippen LogP contribution in [0.2, 0.25) is 0 Å². The summed E-state index contributed by atoms with van der Waals surface area (Å²) in [4.78, 5) is 13.2. The third kappa shape index (κ3) is 2.59.